The third-order valence-electron chi connectivity index (χ3n) is 4.05. The summed E-state index contributed by atoms with van der Waals surface area (Å²) in [4.78, 5) is 16.8. The van der Waals surface area contributed by atoms with Crippen LogP contribution < -0.4 is 11.1 Å². The molecule has 116 valence electrons. The summed E-state index contributed by atoms with van der Waals surface area (Å²) in [5, 5.41) is 2.77. The zero-order valence-corrected chi connectivity index (χ0v) is 12.6. The highest BCUT2D eigenvalue weighted by Gasteiger charge is 2.25. The number of anilines is 2. The molecule has 1 heterocycles. The Hall–Kier alpha value is -1.66. The average molecular weight is 294 g/mol. The number of halogens is 1. The van der Waals surface area contributed by atoms with Gasteiger partial charge in [-0.15, -0.1) is 0 Å². The van der Waals surface area contributed by atoms with Gasteiger partial charge in [-0.3, -0.25) is 9.69 Å². The van der Waals surface area contributed by atoms with Gasteiger partial charge in [-0.1, -0.05) is 6.92 Å². The molecule has 5 nitrogen and oxygen atoms in total. The average Bonchev–Trinajstić information content (AvgIpc) is 2.49. The molecule has 1 aromatic carbocycles. The number of nitrogens with zero attached hydrogens (tertiary/aromatic N) is 2. The van der Waals surface area contributed by atoms with Crippen LogP contribution in [-0.2, 0) is 4.79 Å². The van der Waals surface area contributed by atoms with Crippen molar-refractivity contribution in [3.8, 4) is 0 Å². The van der Waals surface area contributed by atoms with Crippen molar-refractivity contribution >= 4 is 17.3 Å². The van der Waals surface area contributed by atoms with Gasteiger partial charge < -0.3 is 16.0 Å². The largest absolute Gasteiger partial charge is 0.397 e. The topological polar surface area (TPSA) is 61.6 Å². The lowest BCUT2D eigenvalue weighted by Gasteiger charge is -2.36. The fourth-order valence-electron chi connectivity index (χ4n) is 2.52. The molecule has 2 rings (SSSR count). The quantitative estimate of drug-likeness (QED) is 0.824. The van der Waals surface area contributed by atoms with Gasteiger partial charge in [0.2, 0.25) is 5.91 Å². The van der Waals surface area contributed by atoms with Crippen LogP contribution in [0.25, 0.3) is 0 Å². The number of hydrogen-bond acceptors (Lipinski definition) is 4. The van der Waals surface area contributed by atoms with Gasteiger partial charge in [-0.2, -0.15) is 0 Å². The van der Waals surface area contributed by atoms with Gasteiger partial charge in [0, 0.05) is 26.2 Å². The monoisotopic (exact) mass is 294 g/mol. The van der Waals surface area contributed by atoms with Gasteiger partial charge in [0.15, 0.2) is 0 Å². The molecule has 1 unspecified atom stereocenters. The zero-order chi connectivity index (χ0) is 15.4. The molecule has 1 aliphatic heterocycles. The second kappa shape index (κ2) is 6.87. The third kappa shape index (κ3) is 3.92. The molecule has 0 spiro atoms. The van der Waals surface area contributed by atoms with Gasteiger partial charge in [0.05, 0.1) is 17.4 Å². The molecule has 1 aliphatic rings. The Kier molecular flexibility index (Phi) is 5.14. The van der Waals surface area contributed by atoms with Gasteiger partial charge in [-0.05, 0) is 31.7 Å². The van der Waals surface area contributed by atoms with E-state index in [1.807, 2.05) is 6.92 Å². The minimum atomic E-state index is -0.408. The molecule has 3 N–H and O–H groups in total. The number of amides is 1. The second-order valence-electron chi connectivity index (χ2n) is 5.37. The van der Waals surface area contributed by atoms with Crippen LogP contribution in [-0.4, -0.2) is 54.5 Å². The Morgan fingerprint density at radius 1 is 1.38 bits per heavy atom. The minimum absolute atomic E-state index is 0.113. The molecule has 0 aliphatic carbocycles. The smallest absolute Gasteiger partial charge is 0.241 e. The number of nitrogens with one attached hydrogen (secondary N) is 1. The van der Waals surface area contributed by atoms with E-state index < -0.39 is 5.82 Å². The summed E-state index contributed by atoms with van der Waals surface area (Å²) < 4.78 is 13.0. The van der Waals surface area contributed by atoms with E-state index in [4.69, 9.17) is 5.73 Å². The van der Waals surface area contributed by atoms with Gasteiger partial charge >= 0.3 is 0 Å². The first-order valence-corrected chi connectivity index (χ1v) is 7.33. The fourth-order valence-corrected chi connectivity index (χ4v) is 2.52. The van der Waals surface area contributed by atoms with E-state index in [1.54, 1.807) is 0 Å². The molecule has 1 amide bonds. The van der Waals surface area contributed by atoms with Gasteiger partial charge in [0.1, 0.15) is 5.82 Å². The molecule has 21 heavy (non-hydrogen) atoms. The van der Waals surface area contributed by atoms with Crippen molar-refractivity contribution in [2.24, 2.45) is 0 Å². The first kappa shape index (κ1) is 15.7. The van der Waals surface area contributed by atoms with Crippen molar-refractivity contribution in [2.75, 3.05) is 43.8 Å². The summed E-state index contributed by atoms with van der Waals surface area (Å²) in [6.45, 7) is 8.78. The van der Waals surface area contributed by atoms with Crippen molar-refractivity contribution in [2.45, 2.75) is 19.9 Å². The zero-order valence-electron chi connectivity index (χ0n) is 12.6. The van der Waals surface area contributed by atoms with E-state index in [1.165, 1.54) is 18.2 Å². The molecule has 0 bridgehead atoms. The lowest BCUT2D eigenvalue weighted by atomic mass is 10.2. The number of hydrogen-bond donors (Lipinski definition) is 2. The maximum atomic E-state index is 13.0. The highest BCUT2D eigenvalue weighted by molar-refractivity contribution is 5.97. The van der Waals surface area contributed by atoms with Crippen molar-refractivity contribution in [3.05, 3.63) is 24.0 Å². The standard InChI is InChI=1S/C15H23FN4O/c1-3-19-6-8-20(9-7-19)11(2)15(21)18-14-5-4-12(16)10-13(14)17/h4-5,10-11H,3,6-9,17H2,1-2H3,(H,18,21). The summed E-state index contributed by atoms with van der Waals surface area (Å²) in [6, 6.07) is 3.76. The molecule has 1 aromatic rings. The first-order chi connectivity index (χ1) is 10.0. The summed E-state index contributed by atoms with van der Waals surface area (Å²) >= 11 is 0. The molecule has 0 aromatic heterocycles. The van der Waals surface area contributed by atoms with Crippen molar-refractivity contribution in [1.29, 1.82) is 0 Å². The third-order valence-corrected chi connectivity index (χ3v) is 4.05. The predicted octanol–water partition coefficient (Wildman–Crippen LogP) is 1.37. The number of carbonyl (C=O) groups is 1. The Balaban J connectivity index is 1.93. The van der Waals surface area contributed by atoms with E-state index in [0.717, 1.165) is 32.7 Å². The molecule has 0 saturated carbocycles. The van der Waals surface area contributed by atoms with E-state index >= 15 is 0 Å². The maximum absolute atomic E-state index is 13.0. The Bertz CT molecular complexity index is 500. The van der Waals surface area contributed by atoms with Crippen molar-refractivity contribution < 1.29 is 9.18 Å². The molecule has 1 atom stereocenters. The lowest BCUT2D eigenvalue weighted by Crippen LogP contribution is -2.52. The Morgan fingerprint density at radius 3 is 2.62 bits per heavy atom. The molecule has 0 radical (unpaired) electrons. The Labute approximate surface area is 124 Å². The normalized spacial score (nSPS) is 18.4. The lowest BCUT2D eigenvalue weighted by molar-refractivity contribution is -0.121. The van der Waals surface area contributed by atoms with Crippen LogP contribution >= 0.6 is 0 Å². The van der Waals surface area contributed by atoms with Crippen LogP contribution in [0.1, 0.15) is 13.8 Å². The summed E-state index contributed by atoms with van der Waals surface area (Å²) in [5.74, 6) is -0.521. The number of likely N-dealkylation sites (N-methyl/N-ethyl adjacent to an activating group) is 1. The van der Waals surface area contributed by atoms with E-state index in [9.17, 15) is 9.18 Å². The van der Waals surface area contributed by atoms with Crippen LogP contribution in [0.2, 0.25) is 0 Å². The fraction of sp³-hybridized carbons (Fsp3) is 0.533. The van der Waals surface area contributed by atoms with Crippen LogP contribution in [0, 0.1) is 5.82 Å². The van der Waals surface area contributed by atoms with Crippen LogP contribution in [0.15, 0.2) is 18.2 Å². The van der Waals surface area contributed by atoms with Crippen molar-refractivity contribution in [3.63, 3.8) is 0 Å². The summed E-state index contributed by atoms with van der Waals surface area (Å²) in [5.41, 5.74) is 6.41. The van der Waals surface area contributed by atoms with Crippen molar-refractivity contribution in [1.82, 2.24) is 9.80 Å². The molecule has 1 saturated heterocycles. The molecule has 6 heteroatoms. The highest BCUT2D eigenvalue weighted by Crippen LogP contribution is 2.20. The predicted molar refractivity (Wildman–Crippen MR) is 82.6 cm³/mol. The number of nitrogens with two attached hydrogens (primary N) is 1. The first-order valence-electron chi connectivity index (χ1n) is 7.33. The van der Waals surface area contributed by atoms with E-state index in [2.05, 4.69) is 22.0 Å². The van der Waals surface area contributed by atoms with Crippen LogP contribution in [0.4, 0.5) is 15.8 Å². The molecular formula is C15H23FN4O. The van der Waals surface area contributed by atoms with E-state index in [0.29, 0.717) is 5.69 Å². The van der Waals surface area contributed by atoms with Gasteiger partial charge in [0.25, 0.3) is 0 Å². The SMILES string of the molecule is CCN1CCN(C(C)C(=O)Nc2ccc(F)cc2N)CC1. The summed E-state index contributed by atoms with van der Waals surface area (Å²) in [6.07, 6.45) is 0. The number of piperazine rings is 1. The highest BCUT2D eigenvalue weighted by atomic mass is 19.1. The molecular weight excluding hydrogens is 271 g/mol. The van der Waals surface area contributed by atoms with Crippen LogP contribution in [0.3, 0.4) is 0 Å². The maximum Gasteiger partial charge on any atom is 0.241 e. The molecule has 1 fully saturated rings. The number of nitrogen functional groups attached to an aromatic ring is 1. The number of carbonyl (C=O) groups excluding carboxylic acids is 1. The second-order valence-corrected chi connectivity index (χ2v) is 5.37. The minimum Gasteiger partial charge on any atom is -0.397 e. The number of benzene rings is 1. The number of rotatable bonds is 4. The summed E-state index contributed by atoms with van der Waals surface area (Å²) in [7, 11) is 0. The van der Waals surface area contributed by atoms with Crippen LogP contribution in [0.5, 0.6) is 0 Å². The van der Waals surface area contributed by atoms with Gasteiger partial charge in [-0.25, -0.2) is 4.39 Å². The van der Waals surface area contributed by atoms with E-state index in [-0.39, 0.29) is 17.6 Å². The Morgan fingerprint density at radius 2 is 2.05 bits per heavy atom.